The van der Waals surface area contributed by atoms with Gasteiger partial charge in [-0.1, -0.05) is 343 Å². The molecule has 95 heavy (non-hydrogen) atoms. The van der Waals surface area contributed by atoms with Crippen molar-refractivity contribution in [1.82, 2.24) is 0 Å². The number of phosphoric ester groups is 2. The quantitative estimate of drug-likeness (QED) is 0.0222. The summed E-state index contributed by atoms with van der Waals surface area (Å²) in [5.74, 6) is -0.504. The molecule has 3 unspecified atom stereocenters. The third-order valence-electron chi connectivity index (χ3n) is 18.1. The number of carbonyl (C=O) groups is 4. The minimum Gasteiger partial charge on any atom is -0.462 e. The molecular weight excluding hydrogens is 1250 g/mol. The zero-order chi connectivity index (χ0) is 70.0. The van der Waals surface area contributed by atoms with Gasteiger partial charge >= 0.3 is 39.5 Å². The molecule has 0 aromatic rings. The molecule has 0 fully saturated rings. The maximum atomic E-state index is 13.1. The average molecular weight is 1400 g/mol. The highest BCUT2D eigenvalue weighted by Crippen LogP contribution is 2.45. The van der Waals surface area contributed by atoms with Crippen LogP contribution in [0.4, 0.5) is 0 Å². The van der Waals surface area contributed by atoms with Gasteiger partial charge in [-0.15, -0.1) is 0 Å². The molecule has 19 heteroatoms. The Kier molecular flexibility index (Phi) is 66.5. The first-order valence-electron chi connectivity index (χ1n) is 39.5. The van der Waals surface area contributed by atoms with Crippen molar-refractivity contribution in [1.29, 1.82) is 0 Å². The number of phosphoric acid groups is 2. The Morgan fingerprint density at radius 2 is 0.537 bits per heavy atom. The van der Waals surface area contributed by atoms with E-state index in [4.69, 9.17) is 37.0 Å². The van der Waals surface area contributed by atoms with Crippen LogP contribution in [0.5, 0.6) is 0 Å². The van der Waals surface area contributed by atoms with Crippen LogP contribution >= 0.6 is 15.6 Å². The van der Waals surface area contributed by atoms with Gasteiger partial charge in [0.15, 0.2) is 12.2 Å². The van der Waals surface area contributed by atoms with Crippen LogP contribution in [0.1, 0.15) is 395 Å². The molecule has 0 heterocycles. The van der Waals surface area contributed by atoms with E-state index in [2.05, 4.69) is 41.5 Å². The molecule has 3 N–H and O–H groups in total. The van der Waals surface area contributed by atoms with Gasteiger partial charge in [0, 0.05) is 25.7 Å². The Morgan fingerprint density at radius 1 is 0.305 bits per heavy atom. The molecule has 0 spiro atoms. The van der Waals surface area contributed by atoms with Crippen LogP contribution in [-0.2, 0) is 65.4 Å². The number of rotatable bonds is 75. The highest BCUT2D eigenvalue weighted by Gasteiger charge is 2.30. The number of aliphatic hydroxyl groups is 1. The van der Waals surface area contributed by atoms with Crippen LogP contribution in [0.2, 0.25) is 0 Å². The zero-order valence-corrected chi connectivity index (χ0v) is 63.8. The topological polar surface area (TPSA) is 237 Å². The highest BCUT2D eigenvalue weighted by molar-refractivity contribution is 7.47. The summed E-state index contributed by atoms with van der Waals surface area (Å²) in [6.45, 7) is 9.56. The van der Waals surface area contributed by atoms with Gasteiger partial charge in [-0.2, -0.15) is 0 Å². The third-order valence-corrected chi connectivity index (χ3v) is 20.0. The lowest BCUT2D eigenvalue weighted by atomic mass is 9.99. The minimum absolute atomic E-state index is 0.105. The van der Waals surface area contributed by atoms with E-state index in [0.29, 0.717) is 25.7 Å². The summed E-state index contributed by atoms with van der Waals surface area (Å²) in [6.07, 6.45) is 55.9. The van der Waals surface area contributed by atoms with Gasteiger partial charge in [-0.25, -0.2) is 9.13 Å². The standard InChI is InChI=1S/C76H148O17P2/c1-7-10-12-14-15-16-17-18-23-27-30-36-41-47-53-59-74(79)87-65-72(93-76(81)60-54-48-42-37-31-28-25-22-20-19-21-24-26-29-35-40-46-51-57-69(6)9-3)67-91-95(84,85)89-63-70(77)62-88-94(82,83)90-66-71(64-86-73(78)58-52-44-13-11-8-2)92-75(80)61-55-49-43-38-33-32-34-39-45-50-56-68(4)5/h68-72,77H,7-67H2,1-6H3,(H,82,83)(H,84,85)/t69?,70-,71+,72+/m0/s1. The number of aliphatic hydroxyl groups excluding tert-OH is 1. The predicted molar refractivity (Wildman–Crippen MR) is 386 cm³/mol. The lowest BCUT2D eigenvalue weighted by Crippen LogP contribution is -2.30. The fourth-order valence-electron chi connectivity index (χ4n) is 11.6. The molecule has 0 aliphatic carbocycles. The Bertz CT molecular complexity index is 1840. The normalized spacial score (nSPS) is 14.3. The summed E-state index contributed by atoms with van der Waals surface area (Å²) in [5, 5.41) is 10.6. The molecule has 0 amide bonds. The molecule has 564 valence electrons. The second-order valence-corrected chi connectivity index (χ2v) is 31.0. The van der Waals surface area contributed by atoms with Crippen LogP contribution in [0.15, 0.2) is 0 Å². The van der Waals surface area contributed by atoms with E-state index < -0.39 is 97.5 Å². The summed E-state index contributed by atoms with van der Waals surface area (Å²) in [5.41, 5.74) is 0. The van der Waals surface area contributed by atoms with Crippen LogP contribution in [0, 0.1) is 11.8 Å². The highest BCUT2D eigenvalue weighted by atomic mass is 31.2. The maximum absolute atomic E-state index is 13.1. The smallest absolute Gasteiger partial charge is 0.462 e. The van der Waals surface area contributed by atoms with Crippen molar-refractivity contribution >= 4 is 39.5 Å². The monoisotopic (exact) mass is 1400 g/mol. The van der Waals surface area contributed by atoms with Gasteiger partial charge in [-0.3, -0.25) is 37.3 Å². The Morgan fingerprint density at radius 3 is 0.800 bits per heavy atom. The number of hydrogen-bond acceptors (Lipinski definition) is 15. The summed E-state index contributed by atoms with van der Waals surface area (Å²) >= 11 is 0. The fraction of sp³-hybridized carbons (Fsp3) is 0.947. The first-order chi connectivity index (χ1) is 45.9. The predicted octanol–water partition coefficient (Wildman–Crippen LogP) is 22.3. The molecule has 0 rings (SSSR count). The van der Waals surface area contributed by atoms with E-state index in [9.17, 15) is 43.2 Å². The zero-order valence-electron chi connectivity index (χ0n) is 62.0. The van der Waals surface area contributed by atoms with E-state index in [1.54, 1.807) is 0 Å². The lowest BCUT2D eigenvalue weighted by molar-refractivity contribution is -0.161. The molecule has 6 atom stereocenters. The van der Waals surface area contributed by atoms with Gasteiger partial charge in [0.2, 0.25) is 0 Å². The Hall–Kier alpha value is -1.94. The first-order valence-corrected chi connectivity index (χ1v) is 42.5. The summed E-state index contributed by atoms with van der Waals surface area (Å²) < 4.78 is 68.3. The van der Waals surface area contributed by atoms with E-state index in [1.165, 1.54) is 205 Å². The molecule has 0 radical (unpaired) electrons. The molecule has 0 aromatic carbocycles. The van der Waals surface area contributed by atoms with Crippen molar-refractivity contribution in [3.8, 4) is 0 Å². The Labute approximate surface area is 581 Å². The molecule has 0 aliphatic rings. The second kappa shape index (κ2) is 67.9. The number of ether oxygens (including phenoxy) is 4. The number of unbranched alkanes of at least 4 members (excludes halogenated alkanes) is 44. The van der Waals surface area contributed by atoms with Crippen molar-refractivity contribution in [2.75, 3.05) is 39.6 Å². The number of esters is 4. The van der Waals surface area contributed by atoms with E-state index >= 15 is 0 Å². The molecule has 0 saturated heterocycles. The van der Waals surface area contributed by atoms with Crippen molar-refractivity contribution in [2.24, 2.45) is 11.8 Å². The van der Waals surface area contributed by atoms with E-state index in [-0.39, 0.29) is 25.7 Å². The average Bonchev–Trinajstić information content (AvgIpc) is 3.38. The fourth-order valence-corrected chi connectivity index (χ4v) is 13.2. The van der Waals surface area contributed by atoms with E-state index in [1.807, 2.05) is 0 Å². The van der Waals surface area contributed by atoms with Crippen LogP contribution in [0.3, 0.4) is 0 Å². The molecule has 0 aliphatic heterocycles. The largest absolute Gasteiger partial charge is 0.472 e. The van der Waals surface area contributed by atoms with Crippen LogP contribution < -0.4 is 0 Å². The van der Waals surface area contributed by atoms with Gasteiger partial charge in [0.1, 0.15) is 19.3 Å². The van der Waals surface area contributed by atoms with Gasteiger partial charge in [-0.05, 0) is 37.5 Å². The SMILES string of the molecule is CCCCCCCCCCCCCCCCCC(=O)OC[C@H](COP(=O)(O)OC[C@@H](O)COP(=O)(O)OC[C@@H](COC(=O)CCCCCCC)OC(=O)CCCCCCCCCCCCC(C)C)OC(=O)CCCCCCCCCCCCCCCCCCCCC(C)CC. The second-order valence-electron chi connectivity index (χ2n) is 28.1. The third kappa shape index (κ3) is 69.0. The van der Waals surface area contributed by atoms with Crippen LogP contribution in [-0.4, -0.2) is 96.7 Å². The lowest BCUT2D eigenvalue weighted by Gasteiger charge is -2.21. The molecule has 17 nitrogen and oxygen atoms in total. The molecule has 0 aromatic heterocycles. The van der Waals surface area contributed by atoms with Gasteiger partial charge < -0.3 is 33.8 Å². The number of carbonyl (C=O) groups excluding carboxylic acids is 4. The summed E-state index contributed by atoms with van der Waals surface area (Å²) in [7, 11) is -9.90. The van der Waals surface area contributed by atoms with Crippen molar-refractivity contribution < 1.29 is 80.2 Å². The van der Waals surface area contributed by atoms with Gasteiger partial charge in [0.25, 0.3) is 0 Å². The van der Waals surface area contributed by atoms with Crippen molar-refractivity contribution in [2.45, 2.75) is 413 Å². The summed E-state index contributed by atoms with van der Waals surface area (Å²) in [6, 6.07) is 0. The van der Waals surface area contributed by atoms with Crippen LogP contribution in [0.25, 0.3) is 0 Å². The number of hydrogen-bond donors (Lipinski definition) is 3. The maximum Gasteiger partial charge on any atom is 0.472 e. The minimum atomic E-state index is -4.95. The summed E-state index contributed by atoms with van der Waals surface area (Å²) in [4.78, 5) is 72.5. The molecule has 0 saturated carbocycles. The molecular formula is C76H148O17P2. The first kappa shape index (κ1) is 93.1. The van der Waals surface area contributed by atoms with Crippen molar-refractivity contribution in [3.63, 3.8) is 0 Å². The Balaban J connectivity index is 5.11. The van der Waals surface area contributed by atoms with Gasteiger partial charge in [0.05, 0.1) is 26.4 Å². The van der Waals surface area contributed by atoms with Crippen molar-refractivity contribution in [3.05, 3.63) is 0 Å². The molecule has 0 bridgehead atoms. The van der Waals surface area contributed by atoms with E-state index in [0.717, 1.165) is 108 Å².